The molecule has 1 aromatic rings. The maximum Gasteiger partial charge on any atom is 0.306 e. The normalized spacial score (nSPS) is 24.5. The zero-order valence-electron chi connectivity index (χ0n) is 9.60. The Labute approximate surface area is 100 Å². The largest absolute Gasteiger partial charge is 0.508 e. The van der Waals surface area contributed by atoms with Crippen LogP contribution < -0.4 is 5.32 Å². The average Bonchev–Trinajstić information content (AvgIpc) is 2.29. The maximum atomic E-state index is 11.1. The first-order chi connectivity index (χ1) is 8.16. The van der Waals surface area contributed by atoms with Crippen LogP contribution in [0.4, 0.5) is 0 Å². The van der Waals surface area contributed by atoms with Crippen LogP contribution in [-0.4, -0.2) is 29.3 Å². The molecule has 0 saturated carbocycles. The third-order valence-electron chi connectivity index (χ3n) is 3.33. The molecule has 1 heterocycles. The number of phenolic OH excluding ortho intramolecular Hbond substituents is 1. The topological polar surface area (TPSA) is 69.6 Å². The Morgan fingerprint density at radius 2 is 2.29 bits per heavy atom. The summed E-state index contributed by atoms with van der Waals surface area (Å²) in [4.78, 5) is 11.1. The molecule has 2 atom stereocenters. The summed E-state index contributed by atoms with van der Waals surface area (Å²) in [5.74, 6) is -0.656. The maximum absolute atomic E-state index is 11.1. The van der Waals surface area contributed by atoms with Crippen molar-refractivity contribution in [2.75, 3.05) is 13.1 Å². The van der Waals surface area contributed by atoms with E-state index >= 15 is 0 Å². The Hall–Kier alpha value is -1.55. The van der Waals surface area contributed by atoms with Crippen molar-refractivity contribution in [2.45, 2.75) is 12.8 Å². The van der Waals surface area contributed by atoms with Crippen LogP contribution in [0, 0.1) is 11.8 Å². The number of aromatic hydroxyl groups is 1. The molecule has 0 bridgehead atoms. The lowest BCUT2D eigenvalue weighted by molar-refractivity contribution is -0.144. The lowest BCUT2D eigenvalue weighted by Gasteiger charge is -2.29. The molecule has 0 aliphatic carbocycles. The first kappa shape index (κ1) is 11.9. The van der Waals surface area contributed by atoms with Crippen molar-refractivity contribution in [1.82, 2.24) is 5.32 Å². The number of hydrogen-bond donors (Lipinski definition) is 3. The molecule has 1 aliphatic rings. The van der Waals surface area contributed by atoms with E-state index in [1.165, 1.54) is 0 Å². The molecular weight excluding hydrogens is 218 g/mol. The van der Waals surface area contributed by atoms with Gasteiger partial charge in [-0.15, -0.1) is 0 Å². The van der Waals surface area contributed by atoms with E-state index in [0.717, 1.165) is 18.7 Å². The van der Waals surface area contributed by atoms with Gasteiger partial charge >= 0.3 is 5.97 Å². The van der Waals surface area contributed by atoms with Crippen LogP contribution in [0.2, 0.25) is 0 Å². The number of nitrogens with one attached hydrogen (secondary N) is 1. The fourth-order valence-electron chi connectivity index (χ4n) is 2.45. The minimum Gasteiger partial charge on any atom is -0.508 e. The van der Waals surface area contributed by atoms with Crippen LogP contribution in [0.3, 0.4) is 0 Å². The highest BCUT2D eigenvalue weighted by Gasteiger charge is 2.30. The van der Waals surface area contributed by atoms with Crippen molar-refractivity contribution in [2.24, 2.45) is 11.8 Å². The van der Waals surface area contributed by atoms with E-state index in [4.69, 9.17) is 5.11 Å². The van der Waals surface area contributed by atoms with Gasteiger partial charge in [-0.2, -0.15) is 0 Å². The van der Waals surface area contributed by atoms with Crippen molar-refractivity contribution in [1.29, 1.82) is 0 Å². The highest BCUT2D eigenvalue weighted by molar-refractivity contribution is 5.70. The van der Waals surface area contributed by atoms with Crippen LogP contribution in [0.15, 0.2) is 24.3 Å². The Morgan fingerprint density at radius 1 is 1.47 bits per heavy atom. The number of rotatable bonds is 3. The van der Waals surface area contributed by atoms with E-state index in [0.29, 0.717) is 12.8 Å². The Balaban J connectivity index is 2.08. The van der Waals surface area contributed by atoms with Crippen molar-refractivity contribution >= 4 is 5.97 Å². The lowest BCUT2D eigenvalue weighted by atomic mass is 9.82. The summed E-state index contributed by atoms with van der Waals surface area (Å²) >= 11 is 0. The van der Waals surface area contributed by atoms with Gasteiger partial charge in [0.15, 0.2) is 0 Å². The van der Waals surface area contributed by atoms with E-state index in [9.17, 15) is 9.90 Å². The number of phenols is 1. The number of carboxylic acid groups (broad SMARTS) is 1. The molecule has 1 aromatic carbocycles. The second-order valence-electron chi connectivity index (χ2n) is 4.57. The molecule has 0 aromatic heterocycles. The molecule has 1 aliphatic heterocycles. The van der Waals surface area contributed by atoms with Gasteiger partial charge in [-0.3, -0.25) is 4.79 Å². The van der Waals surface area contributed by atoms with Crippen LogP contribution in [0.5, 0.6) is 5.75 Å². The molecule has 3 N–H and O–H groups in total. The van der Waals surface area contributed by atoms with Gasteiger partial charge in [-0.1, -0.05) is 12.1 Å². The minimum absolute atomic E-state index is 0.100. The zero-order chi connectivity index (χ0) is 12.3. The molecule has 1 saturated heterocycles. The summed E-state index contributed by atoms with van der Waals surface area (Å²) < 4.78 is 0. The fraction of sp³-hybridized carbons (Fsp3) is 0.462. The molecule has 1 fully saturated rings. The molecule has 2 rings (SSSR count). The quantitative estimate of drug-likeness (QED) is 0.737. The van der Waals surface area contributed by atoms with E-state index in [2.05, 4.69) is 5.32 Å². The third kappa shape index (κ3) is 2.97. The fourth-order valence-corrected chi connectivity index (χ4v) is 2.45. The molecule has 0 radical (unpaired) electrons. The van der Waals surface area contributed by atoms with Crippen molar-refractivity contribution < 1.29 is 15.0 Å². The third-order valence-corrected chi connectivity index (χ3v) is 3.33. The number of benzene rings is 1. The number of hydrogen-bond acceptors (Lipinski definition) is 3. The Kier molecular flexibility index (Phi) is 3.64. The van der Waals surface area contributed by atoms with Gasteiger partial charge in [0.2, 0.25) is 0 Å². The van der Waals surface area contributed by atoms with Crippen LogP contribution in [0.25, 0.3) is 0 Å². The molecule has 0 spiro atoms. The molecule has 0 amide bonds. The van der Waals surface area contributed by atoms with E-state index in [1.54, 1.807) is 18.2 Å². The van der Waals surface area contributed by atoms with E-state index in [-0.39, 0.29) is 17.6 Å². The minimum atomic E-state index is -0.711. The Bertz CT molecular complexity index is 405. The molecule has 2 unspecified atom stereocenters. The van der Waals surface area contributed by atoms with Gasteiger partial charge in [0.25, 0.3) is 0 Å². The van der Waals surface area contributed by atoms with Crippen molar-refractivity contribution in [3.8, 4) is 5.75 Å². The molecule has 4 nitrogen and oxygen atoms in total. The van der Waals surface area contributed by atoms with Gasteiger partial charge in [0.05, 0.1) is 5.92 Å². The van der Waals surface area contributed by atoms with Gasteiger partial charge in [-0.25, -0.2) is 0 Å². The number of aliphatic carboxylic acids is 1. The van der Waals surface area contributed by atoms with Gasteiger partial charge in [0, 0.05) is 0 Å². The summed E-state index contributed by atoms with van der Waals surface area (Å²) in [7, 11) is 0. The van der Waals surface area contributed by atoms with Crippen molar-refractivity contribution in [3.63, 3.8) is 0 Å². The van der Waals surface area contributed by atoms with Crippen LogP contribution in [-0.2, 0) is 11.2 Å². The molecular formula is C13H17NO3. The second-order valence-corrected chi connectivity index (χ2v) is 4.57. The summed E-state index contributed by atoms with van der Waals surface area (Å²) in [6.45, 7) is 1.50. The SMILES string of the molecule is O=C(O)C1CCNCC1Cc1cccc(O)c1. The highest BCUT2D eigenvalue weighted by atomic mass is 16.4. The average molecular weight is 235 g/mol. The van der Waals surface area contributed by atoms with Crippen LogP contribution in [0.1, 0.15) is 12.0 Å². The number of carboxylic acids is 1. The molecule has 17 heavy (non-hydrogen) atoms. The summed E-state index contributed by atoms with van der Waals surface area (Å²) in [5.41, 5.74) is 0.991. The molecule has 4 heteroatoms. The van der Waals surface area contributed by atoms with Crippen LogP contribution >= 0.6 is 0 Å². The highest BCUT2D eigenvalue weighted by Crippen LogP contribution is 2.24. The van der Waals surface area contributed by atoms with Gasteiger partial charge < -0.3 is 15.5 Å². The van der Waals surface area contributed by atoms with Crippen molar-refractivity contribution in [3.05, 3.63) is 29.8 Å². The Morgan fingerprint density at radius 3 is 3.00 bits per heavy atom. The zero-order valence-corrected chi connectivity index (χ0v) is 9.60. The predicted molar refractivity (Wildman–Crippen MR) is 63.9 cm³/mol. The summed E-state index contributed by atoms with van der Waals surface area (Å²) in [6.07, 6.45) is 1.37. The van der Waals surface area contributed by atoms with E-state index < -0.39 is 5.97 Å². The molecule has 92 valence electrons. The first-order valence-corrected chi connectivity index (χ1v) is 5.88. The first-order valence-electron chi connectivity index (χ1n) is 5.88. The summed E-state index contributed by atoms with van der Waals surface area (Å²) in [6, 6.07) is 7.04. The van der Waals surface area contributed by atoms with E-state index in [1.807, 2.05) is 6.07 Å². The monoisotopic (exact) mass is 235 g/mol. The second kappa shape index (κ2) is 5.19. The number of carbonyl (C=O) groups is 1. The smallest absolute Gasteiger partial charge is 0.306 e. The lowest BCUT2D eigenvalue weighted by Crippen LogP contribution is -2.41. The van der Waals surface area contributed by atoms with Gasteiger partial charge in [0.1, 0.15) is 5.75 Å². The van der Waals surface area contributed by atoms with Gasteiger partial charge in [-0.05, 0) is 49.5 Å². The predicted octanol–water partition coefficient (Wildman–Crippen LogP) is 1.24. The standard InChI is InChI=1S/C13H17NO3/c15-11-3-1-2-9(7-11)6-10-8-14-5-4-12(10)13(16)17/h1-3,7,10,12,14-15H,4-6,8H2,(H,16,17). The summed E-state index contributed by atoms with van der Waals surface area (Å²) in [5, 5.41) is 21.8. The number of piperidine rings is 1.